The molecule has 108 valence electrons. The first-order chi connectivity index (χ1) is 9.15. The Labute approximate surface area is 117 Å². The Balaban J connectivity index is 1.81. The Morgan fingerprint density at radius 2 is 2.05 bits per heavy atom. The summed E-state index contributed by atoms with van der Waals surface area (Å²) in [5.74, 6) is 2.50. The van der Waals surface area contributed by atoms with E-state index in [1.54, 1.807) is 0 Å². The van der Waals surface area contributed by atoms with Crippen molar-refractivity contribution in [3.8, 4) is 0 Å². The zero-order valence-corrected chi connectivity index (χ0v) is 12.7. The average Bonchev–Trinajstić information content (AvgIpc) is 2.79. The molecule has 1 N–H and O–H groups in total. The van der Waals surface area contributed by atoms with Crippen LogP contribution in [0.1, 0.15) is 52.1 Å². The first-order valence-corrected chi connectivity index (χ1v) is 7.85. The van der Waals surface area contributed by atoms with Crippen LogP contribution in [0.4, 0.5) is 0 Å². The van der Waals surface area contributed by atoms with Gasteiger partial charge in [0.2, 0.25) is 0 Å². The minimum absolute atomic E-state index is 0.705. The van der Waals surface area contributed by atoms with Crippen LogP contribution in [0.2, 0.25) is 0 Å². The van der Waals surface area contributed by atoms with Crippen LogP contribution in [-0.2, 0) is 13.1 Å². The fourth-order valence-corrected chi connectivity index (χ4v) is 2.94. The Bertz CT molecular complexity index is 362. The van der Waals surface area contributed by atoms with E-state index in [2.05, 4.69) is 35.6 Å². The molecule has 0 radical (unpaired) electrons. The summed E-state index contributed by atoms with van der Waals surface area (Å²) in [6.07, 6.45) is 9.60. The highest BCUT2D eigenvalue weighted by Gasteiger charge is 2.19. The highest BCUT2D eigenvalue weighted by Crippen LogP contribution is 2.29. The van der Waals surface area contributed by atoms with E-state index in [-0.39, 0.29) is 0 Å². The Morgan fingerprint density at radius 3 is 2.74 bits per heavy atom. The molecule has 2 rings (SSSR count). The fraction of sp³-hybridized carbons (Fsp3) is 0.812. The molecule has 0 aliphatic heterocycles. The normalized spacial score (nSPS) is 24.0. The molecule has 1 aliphatic carbocycles. The Morgan fingerprint density at radius 1 is 1.32 bits per heavy atom. The van der Waals surface area contributed by atoms with Gasteiger partial charge < -0.3 is 9.88 Å². The van der Waals surface area contributed by atoms with Gasteiger partial charge in [-0.05, 0) is 37.1 Å². The lowest BCUT2D eigenvalue weighted by atomic mass is 9.83. The van der Waals surface area contributed by atoms with Gasteiger partial charge in [0.15, 0.2) is 0 Å². The molecule has 1 saturated carbocycles. The van der Waals surface area contributed by atoms with E-state index in [0.29, 0.717) is 5.92 Å². The summed E-state index contributed by atoms with van der Waals surface area (Å²) in [7, 11) is 0. The van der Waals surface area contributed by atoms with Crippen LogP contribution >= 0.6 is 0 Å². The van der Waals surface area contributed by atoms with Crippen LogP contribution < -0.4 is 5.32 Å². The molecule has 0 aromatic carbocycles. The highest BCUT2D eigenvalue weighted by atomic mass is 15.1. The molecule has 0 spiro atoms. The zero-order chi connectivity index (χ0) is 13.7. The smallest absolute Gasteiger partial charge is 0.0948 e. The van der Waals surface area contributed by atoms with Crippen molar-refractivity contribution in [1.82, 2.24) is 14.9 Å². The van der Waals surface area contributed by atoms with Gasteiger partial charge in [-0.15, -0.1) is 0 Å². The van der Waals surface area contributed by atoms with E-state index in [0.717, 1.165) is 31.5 Å². The number of hydrogen-bond acceptors (Lipinski definition) is 2. The summed E-state index contributed by atoms with van der Waals surface area (Å²) in [5.41, 5.74) is 1.33. The van der Waals surface area contributed by atoms with Gasteiger partial charge in [0.05, 0.1) is 12.0 Å². The third-order valence-electron chi connectivity index (χ3n) is 4.25. The molecular formula is C16H29N3. The van der Waals surface area contributed by atoms with Crippen molar-refractivity contribution < 1.29 is 0 Å². The fourth-order valence-electron chi connectivity index (χ4n) is 2.94. The van der Waals surface area contributed by atoms with E-state index >= 15 is 0 Å². The van der Waals surface area contributed by atoms with Gasteiger partial charge in [-0.2, -0.15) is 0 Å². The summed E-state index contributed by atoms with van der Waals surface area (Å²) in [5, 5.41) is 3.51. The first kappa shape index (κ1) is 14.6. The maximum atomic E-state index is 4.32. The number of hydrogen-bond donors (Lipinski definition) is 1. The molecule has 0 unspecified atom stereocenters. The molecule has 0 amide bonds. The van der Waals surface area contributed by atoms with E-state index in [4.69, 9.17) is 0 Å². The molecule has 3 heteroatoms. The topological polar surface area (TPSA) is 29.9 Å². The lowest BCUT2D eigenvalue weighted by Gasteiger charge is -2.27. The van der Waals surface area contributed by atoms with Crippen LogP contribution in [0.3, 0.4) is 0 Å². The second kappa shape index (κ2) is 7.09. The molecule has 1 aromatic heterocycles. The maximum absolute atomic E-state index is 4.32. The molecule has 3 nitrogen and oxygen atoms in total. The van der Waals surface area contributed by atoms with E-state index in [9.17, 15) is 0 Å². The Hall–Kier alpha value is -0.830. The van der Waals surface area contributed by atoms with Gasteiger partial charge in [-0.1, -0.05) is 33.6 Å². The maximum Gasteiger partial charge on any atom is 0.0948 e. The van der Waals surface area contributed by atoms with Gasteiger partial charge in [-0.25, -0.2) is 4.98 Å². The molecule has 1 fully saturated rings. The number of nitrogens with zero attached hydrogens (tertiary/aromatic N) is 2. The Kier molecular flexibility index (Phi) is 5.44. The third kappa shape index (κ3) is 4.64. The predicted octanol–water partition coefficient (Wildman–Crippen LogP) is 3.46. The number of aromatic nitrogens is 2. The number of nitrogens with one attached hydrogen (secondary N) is 1. The standard InChI is InChI=1S/C16H29N3/c1-13(2)8-17-9-16-10-18-12-19(16)11-15-6-4-14(3)5-7-15/h10,12-15,17H,4-9,11H2,1-3H3. The molecule has 19 heavy (non-hydrogen) atoms. The average molecular weight is 263 g/mol. The summed E-state index contributed by atoms with van der Waals surface area (Å²) in [6, 6.07) is 0. The second-order valence-electron chi connectivity index (χ2n) is 6.69. The summed E-state index contributed by atoms with van der Waals surface area (Å²) in [6.45, 7) is 10.1. The minimum Gasteiger partial charge on any atom is -0.333 e. The monoisotopic (exact) mass is 263 g/mol. The lowest BCUT2D eigenvalue weighted by Crippen LogP contribution is -2.23. The molecule has 1 heterocycles. The van der Waals surface area contributed by atoms with Gasteiger partial charge in [0.25, 0.3) is 0 Å². The van der Waals surface area contributed by atoms with Gasteiger partial charge >= 0.3 is 0 Å². The molecule has 1 aromatic rings. The van der Waals surface area contributed by atoms with Crippen LogP contribution in [0.15, 0.2) is 12.5 Å². The lowest BCUT2D eigenvalue weighted by molar-refractivity contribution is 0.262. The summed E-state index contributed by atoms with van der Waals surface area (Å²) in [4.78, 5) is 4.32. The van der Waals surface area contributed by atoms with Gasteiger partial charge in [0, 0.05) is 19.3 Å². The molecule has 1 aliphatic rings. The summed E-state index contributed by atoms with van der Waals surface area (Å²) >= 11 is 0. The zero-order valence-electron chi connectivity index (χ0n) is 12.7. The highest BCUT2D eigenvalue weighted by molar-refractivity contribution is 4.98. The predicted molar refractivity (Wildman–Crippen MR) is 79.9 cm³/mol. The van der Waals surface area contributed by atoms with Gasteiger partial charge in [-0.3, -0.25) is 0 Å². The van der Waals surface area contributed by atoms with Crippen LogP contribution in [0, 0.1) is 17.8 Å². The summed E-state index contributed by atoms with van der Waals surface area (Å²) < 4.78 is 2.36. The number of imidazole rings is 1. The molecule has 0 saturated heterocycles. The van der Waals surface area contributed by atoms with Crippen molar-refractivity contribution in [2.45, 2.75) is 59.5 Å². The molecule has 0 bridgehead atoms. The van der Waals surface area contributed by atoms with E-state index in [1.807, 2.05) is 12.5 Å². The third-order valence-corrected chi connectivity index (χ3v) is 4.25. The molecule has 0 atom stereocenters. The molecular weight excluding hydrogens is 234 g/mol. The SMILES string of the molecule is CC(C)CNCc1cncn1CC1CCC(C)CC1. The van der Waals surface area contributed by atoms with Crippen LogP contribution in [0.5, 0.6) is 0 Å². The second-order valence-corrected chi connectivity index (χ2v) is 6.69. The minimum atomic E-state index is 0.705. The van der Waals surface area contributed by atoms with Crippen molar-refractivity contribution in [1.29, 1.82) is 0 Å². The van der Waals surface area contributed by atoms with Crippen LogP contribution in [-0.4, -0.2) is 16.1 Å². The first-order valence-electron chi connectivity index (χ1n) is 7.85. The van der Waals surface area contributed by atoms with E-state index < -0.39 is 0 Å². The van der Waals surface area contributed by atoms with Crippen LogP contribution in [0.25, 0.3) is 0 Å². The quantitative estimate of drug-likeness (QED) is 0.852. The number of rotatable bonds is 6. The van der Waals surface area contributed by atoms with E-state index in [1.165, 1.54) is 31.4 Å². The van der Waals surface area contributed by atoms with Crippen molar-refractivity contribution in [3.05, 3.63) is 18.2 Å². The van der Waals surface area contributed by atoms with Crippen molar-refractivity contribution in [2.75, 3.05) is 6.54 Å². The van der Waals surface area contributed by atoms with Crippen molar-refractivity contribution >= 4 is 0 Å². The van der Waals surface area contributed by atoms with Crippen molar-refractivity contribution in [2.24, 2.45) is 17.8 Å². The van der Waals surface area contributed by atoms with Gasteiger partial charge in [0.1, 0.15) is 0 Å². The largest absolute Gasteiger partial charge is 0.333 e. The van der Waals surface area contributed by atoms with Crippen molar-refractivity contribution in [3.63, 3.8) is 0 Å².